The molecule has 5 nitrogen and oxygen atoms in total. The van der Waals surface area contributed by atoms with Crippen LogP contribution in [-0.4, -0.2) is 30.1 Å². The van der Waals surface area contributed by atoms with Crippen LogP contribution < -0.4 is 10.6 Å². The van der Waals surface area contributed by atoms with E-state index in [2.05, 4.69) is 10.6 Å². The number of rotatable bonds is 3. The Morgan fingerprint density at radius 3 is 3.17 bits per heavy atom. The van der Waals surface area contributed by atoms with Crippen LogP contribution >= 0.6 is 0 Å². The van der Waals surface area contributed by atoms with Crippen LogP contribution in [0.15, 0.2) is 12.3 Å². The summed E-state index contributed by atoms with van der Waals surface area (Å²) in [4.78, 5) is 12.0. The van der Waals surface area contributed by atoms with Crippen LogP contribution in [0.25, 0.3) is 0 Å². The number of hydrogen-bond acceptors (Lipinski definition) is 3. The predicted octanol–water partition coefficient (Wildman–Crippen LogP) is 0.626. The summed E-state index contributed by atoms with van der Waals surface area (Å²) in [5.74, 6) is 0.406. The molecule has 2 N–H and O–H groups in total. The normalized spacial score (nSPS) is 19.2. The van der Waals surface area contributed by atoms with E-state index in [1.807, 2.05) is 6.07 Å². The molecule has 1 unspecified atom stereocenters. The van der Waals surface area contributed by atoms with Crippen LogP contribution in [0.5, 0.6) is 0 Å². The van der Waals surface area contributed by atoms with Gasteiger partial charge in [0, 0.05) is 19.8 Å². The minimum atomic E-state index is -0.107. The van der Waals surface area contributed by atoms with Gasteiger partial charge in [-0.05, 0) is 37.9 Å². The SMILES string of the molecule is Cn1cc(C#N)cc1C(=O)NCC1CCCNC1. The summed E-state index contributed by atoms with van der Waals surface area (Å²) in [7, 11) is 1.78. The Hall–Kier alpha value is -1.80. The minimum absolute atomic E-state index is 0.107. The fraction of sp³-hybridized carbons (Fsp3) is 0.538. The first-order valence-electron chi connectivity index (χ1n) is 6.26. The lowest BCUT2D eigenvalue weighted by atomic mass is 10.00. The van der Waals surface area contributed by atoms with Gasteiger partial charge >= 0.3 is 0 Å². The third-order valence-corrected chi connectivity index (χ3v) is 3.32. The highest BCUT2D eigenvalue weighted by Gasteiger charge is 2.16. The number of nitrogens with zero attached hydrogens (tertiary/aromatic N) is 2. The van der Waals surface area contributed by atoms with Crippen molar-refractivity contribution in [3.8, 4) is 6.07 Å². The number of piperidine rings is 1. The second-order valence-electron chi connectivity index (χ2n) is 4.76. The third-order valence-electron chi connectivity index (χ3n) is 3.32. The monoisotopic (exact) mass is 246 g/mol. The number of hydrogen-bond donors (Lipinski definition) is 2. The van der Waals surface area contributed by atoms with Crippen molar-refractivity contribution >= 4 is 5.91 Å². The zero-order valence-corrected chi connectivity index (χ0v) is 10.6. The maximum Gasteiger partial charge on any atom is 0.267 e. The number of carbonyl (C=O) groups excluding carboxylic acids is 1. The van der Waals surface area contributed by atoms with E-state index in [9.17, 15) is 4.79 Å². The van der Waals surface area contributed by atoms with E-state index in [0.717, 1.165) is 19.5 Å². The fourth-order valence-electron chi connectivity index (χ4n) is 2.28. The molecule has 1 aromatic rings. The molecule has 0 saturated carbocycles. The molecule has 96 valence electrons. The van der Waals surface area contributed by atoms with E-state index in [0.29, 0.717) is 23.7 Å². The van der Waals surface area contributed by atoms with Crippen LogP contribution in [0, 0.1) is 17.2 Å². The van der Waals surface area contributed by atoms with Crippen molar-refractivity contribution in [2.45, 2.75) is 12.8 Å². The molecule has 1 aliphatic heterocycles. The van der Waals surface area contributed by atoms with Gasteiger partial charge < -0.3 is 15.2 Å². The Balaban J connectivity index is 1.91. The Labute approximate surface area is 107 Å². The smallest absolute Gasteiger partial charge is 0.267 e. The summed E-state index contributed by atoms with van der Waals surface area (Å²) in [6.45, 7) is 2.74. The first kappa shape index (κ1) is 12.7. The number of nitrogens with one attached hydrogen (secondary N) is 2. The molecule has 0 spiro atoms. The molecule has 0 aliphatic carbocycles. The van der Waals surface area contributed by atoms with Crippen LogP contribution in [-0.2, 0) is 7.05 Å². The van der Waals surface area contributed by atoms with Gasteiger partial charge in [-0.3, -0.25) is 4.79 Å². The molecular weight excluding hydrogens is 228 g/mol. The summed E-state index contributed by atoms with van der Waals surface area (Å²) in [6.07, 6.45) is 3.99. The van der Waals surface area contributed by atoms with Gasteiger partial charge in [-0.25, -0.2) is 0 Å². The fourth-order valence-corrected chi connectivity index (χ4v) is 2.28. The Morgan fingerprint density at radius 2 is 2.56 bits per heavy atom. The molecule has 1 saturated heterocycles. The van der Waals surface area contributed by atoms with Crippen LogP contribution in [0.2, 0.25) is 0 Å². The number of nitriles is 1. The van der Waals surface area contributed by atoms with Crippen LogP contribution in [0.3, 0.4) is 0 Å². The van der Waals surface area contributed by atoms with Crippen molar-refractivity contribution in [1.82, 2.24) is 15.2 Å². The molecular formula is C13H18N4O. The Bertz CT molecular complexity index is 466. The highest BCUT2D eigenvalue weighted by molar-refractivity contribution is 5.93. The Kier molecular flexibility index (Phi) is 4.00. The van der Waals surface area contributed by atoms with E-state index >= 15 is 0 Å². The van der Waals surface area contributed by atoms with E-state index in [-0.39, 0.29) is 5.91 Å². The van der Waals surface area contributed by atoms with E-state index in [1.54, 1.807) is 23.9 Å². The summed E-state index contributed by atoms with van der Waals surface area (Å²) in [6, 6.07) is 3.66. The van der Waals surface area contributed by atoms with E-state index in [1.165, 1.54) is 6.42 Å². The molecule has 5 heteroatoms. The third kappa shape index (κ3) is 2.90. The van der Waals surface area contributed by atoms with Crippen molar-refractivity contribution in [2.24, 2.45) is 13.0 Å². The maximum atomic E-state index is 12.0. The van der Waals surface area contributed by atoms with Crippen molar-refractivity contribution in [1.29, 1.82) is 5.26 Å². The second-order valence-corrected chi connectivity index (χ2v) is 4.76. The van der Waals surface area contributed by atoms with Crippen molar-refractivity contribution in [3.05, 3.63) is 23.5 Å². The quantitative estimate of drug-likeness (QED) is 0.821. The van der Waals surface area contributed by atoms with Crippen LogP contribution in [0.1, 0.15) is 28.9 Å². The topological polar surface area (TPSA) is 69.8 Å². The van der Waals surface area contributed by atoms with Gasteiger partial charge in [-0.15, -0.1) is 0 Å². The van der Waals surface area contributed by atoms with Gasteiger partial charge in [0.1, 0.15) is 11.8 Å². The molecule has 1 aromatic heterocycles. The lowest BCUT2D eigenvalue weighted by Gasteiger charge is -2.22. The highest BCUT2D eigenvalue weighted by atomic mass is 16.1. The highest BCUT2D eigenvalue weighted by Crippen LogP contribution is 2.10. The predicted molar refractivity (Wildman–Crippen MR) is 68.1 cm³/mol. The van der Waals surface area contributed by atoms with Crippen LogP contribution in [0.4, 0.5) is 0 Å². The summed E-state index contributed by atoms with van der Waals surface area (Å²) < 4.78 is 1.69. The van der Waals surface area contributed by atoms with Gasteiger partial charge in [0.05, 0.1) is 5.56 Å². The molecule has 0 bridgehead atoms. The molecule has 0 radical (unpaired) electrons. The molecule has 1 aliphatic rings. The molecule has 0 aromatic carbocycles. The van der Waals surface area contributed by atoms with Crippen molar-refractivity contribution in [3.63, 3.8) is 0 Å². The summed E-state index contributed by atoms with van der Waals surface area (Å²) in [5, 5.41) is 15.0. The summed E-state index contributed by atoms with van der Waals surface area (Å²) in [5.41, 5.74) is 1.05. The van der Waals surface area contributed by atoms with Gasteiger partial charge in [0.25, 0.3) is 5.91 Å². The largest absolute Gasteiger partial charge is 0.350 e. The lowest BCUT2D eigenvalue weighted by Crippen LogP contribution is -2.38. The maximum absolute atomic E-state index is 12.0. The van der Waals surface area contributed by atoms with Gasteiger partial charge in [-0.1, -0.05) is 0 Å². The number of aromatic nitrogens is 1. The number of carbonyl (C=O) groups is 1. The zero-order chi connectivity index (χ0) is 13.0. The molecule has 18 heavy (non-hydrogen) atoms. The number of amides is 1. The Morgan fingerprint density at radius 1 is 1.72 bits per heavy atom. The van der Waals surface area contributed by atoms with Gasteiger partial charge in [0.2, 0.25) is 0 Å². The standard InChI is InChI=1S/C13H18N4O/c1-17-9-11(6-14)5-12(17)13(18)16-8-10-3-2-4-15-7-10/h5,9-10,15H,2-4,7-8H2,1H3,(H,16,18). The first-order chi connectivity index (χ1) is 8.70. The molecule has 1 atom stereocenters. The average molecular weight is 246 g/mol. The summed E-state index contributed by atoms with van der Waals surface area (Å²) >= 11 is 0. The van der Waals surface area contributed by atoms with Gasteiger partial charge in [-0.2, -0.15) is 5.26 Å². The molecule has 1 fully saturated rings. The van der Waals surface area contributed by atoms with Crippen molar-refractivity contribution < 1.29 is 4.79 Å². The van der Waals surface area contributed by atoms with E-state index in [4.69, 9.17) is 5.26 Å². The lowest BCUT2D eigenvalue weighted by molar-refractivity contribution is 0.0936. The average Bonchev–Trinajstić information content (AvgIpc) is 2.78. The molecule has 2 heterocycles. The second kappa shape index (κ2) is 5.69. The first-order valence-corrected chi connectivity index (χ1v) is 6.26. The zero-order valence-electron chi connectivity index (χ0n) is 10.6. The number of aryl methyl sites for hydroxylation is 1. The molecule has 2 rings (SSSR count). The minimum Gasteiger partial charge on any atom is -0.350 e. The molecule has 1 amide bonds. The van der Waals surface area contributed by atoms with Gasteiger partial charge in [0.15, 0.2) is 0 Å². The van der Waals surface area contributed by atoms with E-state index < -0.39 is 0 Å². The van der Waals surface area contributed by atoms with Crippen molar-refractivity contribution in [2.75, 3.05) is 19.6 Å².